The van der Waals surface area contributed by atoms with Crippen LogP contribution in [0.4, 0.5) is 11.4 Å². The fraction of sp³-hybridized carbons (Fsp3) is 0.350. The summed E-state index contributed by atoms with van der Waals surface area (Å²) in [4.78, 5) is 14.4. The summed E-state index contributed by atoms with van der Waals surface area (Å²) in [6.45, 7) is 0.904. The molecule has 0 bridgehead atoms. The second-order valence-corrected chi connectivity index (χ2v) is 8.44. The van der Waals surface area contributed by atoms with Gasteiger partial charge in [-0.1, -0.05) is 30.3 Å². The SMILES string of the molecule is COc1ccccc1N(CCCC(=O)N1CCc2ccccc21)S(C)(=O)=O. The van der Waals surface area contributed by atoms with Crippen molar-refractivity contribution in [1.82, 2.24) is 0 Å². The molecule has 0 atom stereocenters. The molecule has 2 aromatic rings. The maximum atomic E-state index is 12.6. The lowest BCUT2D eigenvalue weighted by atomic mass is 10.2. The number of amides is 1. The molecule has 0 aliphatic carbocycles. The molecule has 2 aromatic carbocycles. The minimum Gasteiger partial charge on any atom is -0.495 e. The van der Waals surface area contributed by atoms with Crippen LogP contribution in [0, 0.1) is 0 Å². The number of benzene rings is 2. The zero-order valence-electron chi connectivity index (χ0n) is 15.6. The van der Waals surface area contributed by atoms with Gasteiger partial charge in [0.1, 0.15) is 5.75 Å². The summed E-state index contributed by atoms with van der Waals surface area (Å²) in [7, 11) is -1.98. The Hall–Kier alpha value is -2.54. The first-order valence-corrected chi connectivity index (χ1v) is 10.8. The van der Waals surface area contributed by atoms with E-state index >= 15 is 0 Å². The molecular weight excluding hydrogens is 364 g/mol. The van der Waals surface area contributed by atoms with Gasteiger partial charge in [0.2, 0.25) is 15.9 Å². The number of hydrogen-bond acceptors (Lipinski definition) is 4. The van der Waals surface area contributed by atoms with Crippen LogP contribution in [-0.4, -0.2) is 40.8 Å². The zero-order chi connectivity index (χ0) is 19.4. The molecule has 0 spiro atoms. The fourth-order valence-corrected chi connectivity index (χ4v) is 4.38. The number of anilines is 2. The second kappa shape index (κ2) is 8.00. The third-order valence-corrected chi connectivity index (χ3v) is 5.87. The van der Waals surface area contributed by atoms with Crippen molar-refractivity contribution < 1.29 is 17.9 Å². The Morgan fingerprint density at radius 2 is 1.85 bits per heavy atom. The standard InChI is InChI=1S/C20H24N2O4S/c1-26-19-11-6-5-10-18(19)22(27(2,24)25)14-7-12-20(23)21-15-13-16-8-3-4-9-17(16)21/h3-6,8-11H,7,12-15H2,1-2H3. The van der Waals surface area contributed by atoms with Crippen LogP contribution in [0.2, 0.25) is 0 Å². The molecule has 27 heavy (non-hydrogen) atoms. The van der Waals surface area contributed by atoms with Crippen molar-refractivity contribution in [3.63, 3.8) is 0 Å². The quantitative estimate of drug-likeness (QED) is 0.732. The van der Waals surface area contributed by atoms with Gasteiger partial charge in [0, 0.05) is 25.2 Å². The Morgan fingerprint density at radius 3 is 2.59 bits per heavy atom. The summed E-state index contributed by atoms with van der Waals surface area (Å²) < 4.78 is 31.1. The molecule has 1 aliphatic rings. The largest absolute Gasteiger partial charge is 0.495 e. The molecular formula is C20H24N2O4S. The first-order valence-electron chi connectivity index (χ1n) is 8.91. The zero-order valence-corrected chi connectivity index (χ0v) is 16.4. The van der Waals surface area contributed by atoms with Gasteiger partial charge in [-0.2, -0.15) is 0 Å². The van der Waals surface area contributed by atoms with E-state index in [0.717, 1.165) is 18.4 Å². The first kappa shape index (κ1) is 19.2. The molecule has 0 aromatic heterocycles. The monoisotopic (exact) mass is 388 g/mol. The Labute approximate surface area is 160 Å². The lowest BCUT2D eigenvalue weighted by molar-refractivity contribution is -0.118. The van der Waals surface area contributed by atoms with Crippen LogP contribution < -0.4 is 13.9 Å². The van der Waals surface area contributed by atoms with E-state index in [-0.39, 0.29) is 18.9 Å². The number of nitrogens with zero attached hydrogens (tertiary/aromatic N) is 2. The lowest BCUT2D eigenvalue weighted by Gasteiger charge is -2.24. The third kappa shape index (κ3) is 4.24. The van der Waals surface area contributed by atoms with Crippen molar-refractivity contribution >= 4 is 27.3 Å². The predicted molar refractivity (Wildman–Crippen MR) is 107 cm³/mol. The summed E-state index contributed by atoms with van der Waals surface area (Å²) in [5, 5.41) is 0. The second-order valence-electron chi connectivity index (χ2n) is 6.53. The molecule has 144 valence electrons. The van der Waals surface area contributed by atoms with Gasteiger partial charge in [0.15, 0.2) is 0 Å². The smallest absolute Gasteiger partial charge is 0.232 e. The van der Waals surface area contributed by atoms with Gasteiger partial charge in [0.05, 0.1) is 19.1 Å². The van der Waals surface area contributed by atoms with E-state index in [1.54, 1.807) is 29.2 Å². The van der Waals surface area contributed by atoms with Crippen LogP contribution in [0.3, 0.4) is 0 Å². The van der Waals surface area contributed by atoms with Crippen LogP contribution in [0.1, 0.15) is 18.4 Å². The van der Waals surface area contributed by atoms with Crippen molar-refractivity contribution in [1.29, 1.82) is 0 Å². The summed E-state index contributed by atoms with van der Waals surface area (Å²) in [6.07, 6.45) is 2.74. The molecule has 0 radical (unpaired) electrons. The van der Waals surface area contributed by atoms with Gasteiger partial charge < -0.3 is 9.64 Å². The van der Waals surface area contributed by atoms with E-state index in [1.165, 1.54) is 17.0 Å². The van der Waals surface area contributed by atoms with E-state index in [2.05, 4.69) is 0 Å². The molecule has 0 unspecified atom stereocenters. The Kier molecular flexibility index (Phi) is 5.70. The summed E-state index contributed by atoms with van der Waals surface area (Å²) in [5.74, 6) is 0.510. The van der Waals surface area contributed by atoms with Gasteiger partial charge in [-0.15, -0.1) is 0 Å². The highest BCUT2D eigenvalue weighted by Gasteiger charge is 2.25. The van der Waals surface area contributed by atoms with Gasteiger partial charge in [-0.3, -0.25) is 9.10 Å². The number of rotatable bonds is 7. The Balaban J connectivity index is 1.68. The van der Waals surface area contributed by atoms with Gasteiger partial charge >= 0.3 is 0 Å². The number of para-hydroxylation sites is 3. The Morgan fingerprint density at radius 1 is 1.15 bits per heavy atom. The molecule has 0 saturated heterocycles. The van der Waals surface area contributed by atoms with Gasteiger partial charge in [0.25, 0.3) is 0 Å². The van der Waals surface area contributed by atoms with E-state index in [4.69, 9.17) is 4.74 Å². The average Bonchev–Trinajstić information content (AvgIpc) is 3.08. The van der Waals surface area contributed by atoms with Crippen LogP contribution in [-0.2, 0) is 21.2 Å². The minimum absolute atomic E-state index is 0.0217. The summed E-state index contributed by atoms with van der Waals surface area (Å²) in [5.41, 5.74) is 2.63. The van der Waals surface area contributed by atoms with Crippen LogP contribution in [0.25, 0.3) is 0 Å². The van der Waals surface area contributed by atoms with E-state index < -0.39 is 10.0 Å². The number of ether oxygens (including phenoxy) is 1. The van der Waals surface area contributed by atoms with E-state index in [9.17, 15) is 13.2 Å². The number of carbonyl (C=O) groups is 1. The predicted octanol–water partition coefficient (Wildman–Crippen LogP) is 2.83. The molecule has 6 nitrogen and oxygen atoms in total. The molecule has 1 aliphatic heterocycles. The van der Waals surface area contributed by atoms with Crippen molar-refractivity contribution in [3.8, 4) is 5.75 Å². The van der Waals surface area contributed by atoms with Crippen LogP contribution >= 0.6 is 0 Å². The normalized spacial score (nSPS) is 13.3. The molecule has 0 fully saturated rings. The Bertz CT molecular complexity index is 927. The van der Waals surface area contributed by atoms with Crippen molar-refractivity contribution in [3.05, 3.63) is 54.1 Å². The molecule has 1 heterocycles. The highest BCUT2D eigenvalue weighted by atomic mass is 32.2. The number of carbonyl (C=O) groups excluding carboxylic acids is 1. The summed E-state index contributed by atoms with van der Waals surface area (Å²) >= 11 is 0. The maximum absolute atomic E-state index is 12.6. The number of sulfonamides is 1. The maximum Gasteiger partial charge on any atom is 0.232 e. The third-order valence-electron chi connectivity index (χ3n) is 4.69. The van der Waals surface area contributed by atoms with Gasteiger partial charge in [-0.05, 0) is 36.6 Å². The number of methoxy groups -OCH3 is 1. The molecule has 7 heteroatoms. The first-order chi connectivity index (χ1) is 12.9. The molecule has 0 saturated carbocycles. The highest BCUT2D eigenvalue weighted by Crippen LogP contribution is 2.30. The number of fused-ring (bicyclic) bond motifs is 1. The molecule has 1 amide bonds. The molecule has 3 rings (SSSR count). The number of hydrogen-bond donors (Lipinski definition) is 0. The fourth-order valence-electron chi connectivity index (χ4n) is 3.41. The highest BCUT2D eigenvalue weighted by molar-refractivity contribution is 7.92. The van der Waals surface area contributed by atoms with Gasteiger partial charge in [-0.25, -0.2) is 8.42 Å². The van der Waals surface area contributed by atoms with Crippen molar-refractivity contribution in [2.45, 2.75) is 19.3 Å². The van der Waals surface area contributed by atoms with Crippen LogP contribution in [0.15, 0.2) is 48.5 Å². The van der Waals surface area contributed by atoms with E-state index in [0.29, 0.717) is 24.4 Å². The molecule has 0 N–H and O–H groups in total. The van der Waals surface area contributed by atoms with Crippen molar-refractivity contribution in [2.75, 3.05) is 35.7 Å². The summed E-state index contributed by atoms with van der Waals surface area (Å²) in [6, 6.07) is 14.9. The average molecular weight is 388 g/mol. The van der Waals surface area contributed by atoms with Crippen LogP contribution in [0.5, 0.6) is 5.75 Å². The lowest BCUT2D eigenvalue weighted by Crippen LogP contribution is -2.33. The van der Waals surface area contributed by atoms with Crippen molar-refractivity contribution in [2.24, 2.45) is 0 Å². The van der Waals surface area contributed by atoms with E-state index in [1.807, 2.05) is 24.3 Å². The minimum atomic E-state index is -3.49. The topological polar surface area (TPSA) is 66.9 Å².